The summed E-state index contributed by atoms with van der Waals surface area (Å²) in [4.78, 5) is 0. The fraction of sp³-hybridized carbons (Fsp3) is 0.667. The molecule has 1 aromatic rings. The molecule has 0 aromatic heterocycles. The molecule has 2 unspecified atom stereocenters. The predicted octanol–water partition coefficient (Wildman–Crippen LogP) is 3.57. The van der Waals surface area contributed by atoms with Crippen LogP contribution < -0.4 is 10.1 Å². The average Bonchev–Trinajstić information content (AvgIpc) is 3.00. The molecule has 0 bridgehead atoms. The van der Waals surface area contributed by atoms with Crippen molar-refractivity contribution in [2.45, 2.75) is 58.1 Å². The third-order valence-corrected chi connectivity index (χ3v) is 4.07. The summed E-state index contributed by atoms with van der Waals surface area (Å²) >= 11 is 0. The van der Waals surface area contributed by atoms with Gasteiger partial charge in [-0.1, -0.05) is 19.1 Å². The minimum Gasteiger partial charge on any atom is -0.493 e. The molecule has 0 aliphatic carbocycles. The normalized spacial score (nSPS) is 19.6. The van der Waals surface area contributed by atoms with E-state index < -0.39 is 0 Å². The van der Waals surface area contributed by atoms with Gasteiger partial charge in [0.05, 0.1) is 12.7 Å². The van der Waals surface area contributed by atoms with Gasteiger partial charge in [0, 0.05) is 19.1 Å². The van der Waals surface area contributed by atoms with Crippen molar-refractivity contribution < 1.29 is 9.47 Å². The fourth-order valence-electron chi connectivity index (χ4n) is 2.77. The highest BCUT2D eigenvalue weighted by molar-refractivity contribution is 5.27. The quantitative estimate of drug-likeness (QED) is 0.754. The van der Waals surface area contributed by atoms with E-state index in [1.165, 1.54) is 24.8 Å². The molecule has 1 N–H and O–H groups in total. The second-order valence-electron chi connectivity index (χ2n) is 5.91. The zero-order valence-corrected chi connectivity index (χ0v) is 13.4. The van der Waals surface area contributed by atoms with Crippen LogP contribution in [0, 0.1) is 0 Å². The molecule has 21 heavy (non-hydrogen) atoms. The highest BCUT2D eigenvalue weighted by Crippen LogP contribution is 2.17. The van der Waals surface area contributed by atoms with E-state index in [9.17, 15) is 0 Å². The fourth-order valence-corrected chi connectivity index (χ4v) is 2.77. The molecule has 0 spiro atoms. The van der Waals surface area contributed by atoms with Crippen molar-refractivity contribution in [2.75, 3.05) is 19.8 Å². The van der Waals surface area contributed by atoms with Crippen LogP contribution in [-0.2, 0) is 11.2 Å². The second kappa shape index (κ2) is 9.06. The van der Waals surface area contributed by atoms with Crippen molar-refractivity contribution >= 4 is 0 Å². The van der Waals surface area contributed by atoms with E-state index in [1.54, 1.807) is 0 Å². The molecule has 0 amide bonds. The summed E-state index contributed by atoms with van der Waals surface area (Å²) in [6.45, 7) is 7.11. The number of rotatable bonds is 9. The molecule has 2 rings (SSSR count). The van der Waals surface area contributed by atoms with Crippen LogP contribution in [0.15, 0.2) is 24.3 Å². The van der Waals surface area contributed by atoms with Crippen molar-refractivity contribution in [3.63, 3.8) is 0 Å². The lowest BCUT2D eigenvalue weighted by Crippen LogP contribution is -2.25. The van der Waals surface area contributed by atoms with Crippen molar-refractivity contribution in [3.05, 3.63) is 29.8 Å². The summed E-state index contributed by atoms with van der Waals surface area (Å²) in [7, 11) is 0. The molecule has 3 nitrogen and oxygen atoms in total. The van der Waals surface area contributed by atoms with Crippen LogP contribution in [0.2, 0.25) is 0 Å². The smallest absolute Gasteiger partial charge is 0.119 e. The van der Waals surface area contributed by atoms with Crippen LogP contribution in [0.5, 0.6) is 5.75 Å². The number of aryl methyl sites for hydroxylation is 1. The molecule has 1 aliphatic rings. The SMILES string of the molecule is CCNC(C)CCc1ccc(OCCC2CCCO2)cc1. The van der Waals surface area contributed by atoms with Gasteiger partial charge >= 0.3 is 0 Å². The summed E-state index contributed by atoms with van der Waals surface area (Å²) in [5, 5.41) is 3.45. The maximum Gasteiger partial charge on any atom is 0.119 e. The predicted molar refractivity (Wildman–Crippen MR) is 87.0 cm³/mol. The summed E-state index contributed by atoms with van der Waals surface area (Å²) in [5.74, 6) is 0.969. The van der Waals surface area contributed by atoms with E-state index in [1.807, 2.05) is 0 Å². The largest absolute Gasteiger partial charge is 0.493 e. The maximum atomic E-state index is 5.79. The van der Waals surface area contributed by atoms with E-state index in [-0.39, 0.29) is 0 Å². The Kier molecular flexibility index (Phi) is 7.04. The molecular formula is C18H29NO2. The van der Waals surface area contributed by atoms with Gasteiger partial charge in [0.1, 0.15) is 5.75 Å². The van der Waals surface area contributed by atoms with Crippen molar-refractivity contribution in [1.29, 1.82) is 0 Å². The Hall–Kier alpha value is -1.06. The average molecular weight is 291 g/mol. The number of nitrogens with one attached hydrogen (secondary N) is 1. The Morgan fingerprint density at radius 3 is 2.81 bits per heavy atom. The lowest BCUT2D eigenvalue weighted by molar-refractivity contribution is 0.0903. The van der Waals surface area contributed by atoms with Crippen LogP contribution in [0.1, 0.15) is 45.1 Å². The Labute approximate surface area is 129 Å². The van der Waals surface area contributed by atoms with Crippen LogP contribution in [0.4, 0.5) is 0 Å². The zero-order chi connectivity index (χ0) is 14.9. The van der Waals surface area contributed by atoms with Gasteiger partial charge in [0.2, 0.25) is 0 Å². The van der Waals surface area contributed by atoms with Crippen molar-refractivity contribution in [2.24, 2.45) is 0 Å². The van der Waals surface area contributed by atoms with Gasteiger partial charge < -0.3 is 14.8 Å². The monoisotopic (exact) mass is 291 g/mol. The molecule has 1 heterocycles. The molecular weight excluding hydrogens is 262 g/mol. The van der Waals surface area contributed by atoms with Crippen molar-refractivity contribution in [3.8, 4) is 5.75 Å². The third-order valence-electron chi connectivity index (χ3n) is 4.07. The Bertz CT molecular complexity index is 385. The van der Waals surface area contributed by atoms with Gasteiger partial charge in [-0.05, 0) is 56.8 Å². The molecule has 2 atom stereocenters. The van der Waals surface area contributed by atoms with Crippen LogP contribution >= 0.6 is 0 Å². The summed E-state index contributed by atoms with van der Waals surface area (Å²) in [6.07, 6.45) is 6.09. The minimum atomic E-state index is 0.414. The lowest BCUT2D eigenvalue weighted by Gasteiger charge is -2.13. The van der Waals surface area contributed by atoms with E-state index >= 15 is 0 Å². The Morgan fingerprint density at radius 1 is 1.33 bits per heavy atom. The van der Waals surface area contributed by atoms with Crippen LogP contribution in [-0.4, -0.2) is 31.9 Å². The van der Waals surface area contributed by atoms with E-state index in [2.05, 4.69) is 43.4 Å². The van der Waals surface area contributed by atoms with Gasteiger partial charge in [-0.2, -0.15) is 0 Å². The minimum absolute atomic E-state index is 0.414. The molecule has 3 heteroatoms. The molecule has 118 valence electrons. The summed E-state index contributed by atoms with van der Waals surface area (Å²) in [6, 6.07) is 9.11. The summed E-state index contributed by atoms with van der Waals surface area (Å²) in [5.41, 5.74) is 1.38. The molecule has 0 radical (unpaired) electrons. The molecule has 1 aromatic carbocycles. The van der Waals surface area contributed by atoms with Gasteiger partial charge in [-0.25, -0.2) is 0 Å². The first-order valence-electron chi connectivity index (χ1n) is 8.34. The van der Waals surface area contributed by atoms with Gasteiger partial charge in [-0.15, -0.1) is 0 Å². The van der Waals surface area contributed by atoms with Gasteiger partial charge in [0.15, 0.2) is 0 Å². The maximum absolute atomic E-state index is 5.79. The van der Waals surface area contributed by atoms with E-state index in [4.69, 9.17) is 9.47 Å². The molecule has 1 fully saturated rings. The Balaban J connectivity index is 1.66. The number of hydrogen-bond acceptors (Lipinski definition) is 3. The number of benzene rings is 1. The second-order valence-corrected chi connectivity index (χ2v) is 5.91. The molecule has 1 aliphatic heterocycles. The number of ether oxygens (including phenoxy) is 2. The zero-order valence-electron chi connectivity index (χ0n) is 13.4. The topological polar surface area (TPSA) is 30.5 Å². The molecule has 0 saturated carbocycles. The van der Waals surface area contributed by atoms with Crippen LogP contribution in [0.25, 0.3) is 0 Å². The van der Waals surface area contributed by atoms with E-state index in [0.29, 0.717) is 12.1 Å². The summed E-state index contributed by atoms with van der Waals surface area (Å²) < 4.78 is 11.4. The lowest BCUT2D eigenvalue weighted by atomic mass is 10.1. The molecule has 1 saturated heterocycles. The standard InChI is InChI=1S/C18H29NO2/c1-3-19-15(2)6-7-16-8-10-18(11-9-16)21-14-12-17-5-4-13-20-17/h8-11,15,17,19H,3-7,12-14H2,1-2H3. The first kappa shape index (κ1) is 16.3. The van der Waals surface area contributed by atoms with Crippen LogP contribution in [0.3, 0.4) is 0 Å². The first-order chi connectivity index (χ1) is 10.3. The van der Waals surface area contributed by atoms with E-state index in [0.717, 1.165) is 38.3 Å². The Morgan fingerprint density at radius 2 is 2.14 bits per heavy atom. The first-order valence-corrected chi connectivity index (χ1v) is 8.34. The van der Waals surface area contributed by atoms with Gasteiger partial charge in [0.25, 0.3) is 0 Å². The third kappa shape index (κ3) is 6.06. The van der Waals surface area contributed by atoms with Crippen molar-refractivity contribution in [1.82, 2.24) is 5.32 Å². The highest BCUT2D eigenvalue weighted by atomic mass is 16.5. The van der Waals surface area contributed by atoms with Gasteiger partial charge in [-0.3, -0.25) is 0 Å². The number of hydrogen-bond donors (Lipinski definition) is 1. The highest BCUT2D eigenvalue weighted by Gasteiger charge is 2.14.